The lowest BCUT2D eigenvalue weighted by molar-refractivity contribution is 0.180. The van der Waals surface area contributed by atoms with Crippen LogP contribution in [0.5, 0.6) is 0 Å². The van der Waals surface area contributed by atoms with Gasteiger partial charge < -0.3 is 9.52 Å². The van der Waals surface area contributed by atoms with E-state index in [1.165, 1.54) is 6.26 Å². The van der Waals surface area contributed by atoms with E-state index in [-0.39, 0.29) is 0 Å². The molecule has 0 aliphatic rings. The van der Waals surface area contributed by atoms with Gasteiger partial charge in [0.25, 0.3) is 0 Å². The van der Waals surface area contributed by atoms with Gasteiger partial charge in [-0.05, 0) is 18.2 Å². The molecule has 0 bridgehead atoms. The lowest BCUT2D eigenvalue weighted by Crippen LogP contribution is -2.02. The van der Waals surface area contributed by atoms with Gasteiger partial charge in [-0.2, -0.15) is 0 Å². The number of nitrogens with zero attached hydrogens (tertiary/aromatic N) is 2. The van der Waals surface area contributed by atoms with Gasteiger partial charge in [-0.3, -0.25) is 0 Å². The van der Waals surface area contributed by atoms with Gasteiger partial charge in [0.15, 0.2) is 11.9 Å². The summed E-state index contributed by atoms with van der Waals surface area (Å²) in [6.07, 6.45) is 3.78. The number of aromatic nitrogens is 2. The second-order valence-electron chi connectivity index (χ2n) is 2.52. The highest BCUT2D eigenvalue weighted by molar-refractivity contribution is 5.10. The third kappa shape index (κ3) is 1.57. The number of hydrogen-bond donors (Lipinski definition) is 1. The molecule has 1 unspecified atom stereocenters. The van der Waals surface area contributed by atoms with Gasteiger partial charge in [-0.15, -0.1) is 0 Å². The van der Waals surface area contributed by atoms with Crippen molar-refractivity contribution in [2.24, 2.45) is 0 Å². The van der Waals surface area contributed by atoms with Crippen LogP contribution in [0.1, 0.15) is 17.7 Å². The van der Waals surface area contributed by atoms with Crippen LogP contribution in [-0.2, 0) is 0 Å². The van der Waals surface area contributed by atoms with Crippen LogP contribution in [0.3, 0.4) is 0 Å². The number of hydrogen-bond acceptors (Lipinski definition) is 4. The summed E-state index contributed by atoms with van der Waals surface area (Å²) in [5.41, 5.74) is 0. The van der Waals surface area contributed by atoms with Gasteiger partial charge in [-0.1, -0.05) is 0 Å². The Labute approximate surface area is 74.9 Å². The van der Waals surface area contributed by atoms with Crippen molar-refractivity contribution in [1.82, 2.24) is 9.97 Å². The van der Waals surface area contributed by atoms with E-state index in [9.17, 15) is 5.11 Å². The topological polar surface area (TPSA) is 59.2 Å². The number of furan rings is 1. The van der Waals surface area contributed by atoms with Gasteiger partial charge >= 0.3 is 0 Å². The monoisotopic (exact) mass is 176 g/mol. The third-order valence-corrected chi connectivity index (χ3v) is 1.64. The Balaban J connectivity index is 2.29. The molecule has 4 heteroatoms. The highest BCUT2D eigenvalue weighted by Gasteiger charge is 2.14. The van der Waals surface area contributed by atoms with E-state index in [0.29, 0.717) is 11.6 Å². The molecule has 2 aromatic rings. The minimum atomic E-state index is -0.879. The molecular formula is C9H8N2O2. The highest BCUT2D eigenvalue weighted by Crippen LogP contribution is 2.17. The molecule has 4 nitrogen and oxygen atoms in total. The van der Waals surface area contributed by atoms with E-state index in [0.717, 1.165) is 0 Å². The molecule has 0 radical (unpaired) electrons. The van der Waals surface area contributed by atoms with E-state index in [1.807, 2.05) is 0 Å². The number of aliphatic hydroxyl groups excluding tert-OH is 1. The molecule has 66 valence electrons. The van der Waals surface area contributed by atoms with E-state index in [1.54, 1.807) is 30.6 Å². The average molecular weight is 176 g/mol. The lowest BCUT2D eigenvalue weighted by atomic mass is 10.2. The minimum Gasteiger partial charge on any atom is -0.466 e. The summed E-state index contributed by atoms with van der Waals surface area (Å²) in [4.78, 5) is 7.83. The van der Waals surface area contributed by atoms with Crippen molar-refractivity contribution < 1.29 is 9.52 Å². The largest absolute Gasteiger partial charge is 0.466 e. The Kier molecular flexibility index (Phi) is 2.06. The maximum Gasteiger partial charge on any atom is 0.171 e. The number of aliphatic hydroxyl groups is 1. The van der Waals surface area contributed by atoms with E-state index in [2.05, 4.69) is 9.97 Å². The van der Waals surface area contributed by atoms with Crippen LogP contribution in [0.2, 0.25) is 0 Å². The van der Waals surface area contributed by atoms with Gasteiger partial charge in [-0.25, -0.2) is 9.97 Å². The van der Waals surface area contributed by atoms with Crippen LogP contribution in [0, 0.1) is 0 Å². The second kappa shape index (κ2) is 3.37. The fourth-order valence-electron chi connectivity index (χ4n) is 1.03. The molecule has 0 aliphatic heterocycles. The molecule has 0 aromatic carbocycles. The first-order valence-electron chi connectivity index (χ1n) is 3.86. The highest BCUT2D eigenvalue weighted by atomic mass is 16.4. The summed E-state index contributed by atoms with van der Waals surface area (Å²) in [6, 6.07) is 5.08. The summed E-state index contributed by atoms with van der Waals surface area (Å²) in [5, 5.41) is 9.66. The van der Waals surface area contributed by atoms with Crippen molar-refractivity contribution >= 4 is 0 Å². The molecular weight excluding hydrogens is 168 g/mol. The van der Waals surface area contributed by atoms with Crippen LogP contribution < -0.4 is 0 Å². The Morgan fingerprint density at radius 3 is 2.62 bits per heavy atom. The van der Waals surface area contributed by atoms with Crippen molar-refractivity contribution in [3.8, 4) is 0 Å². The zero-order valence-corrected chi connectivity index (χ0v) is 6.79. The van der Waals surface area contributed by atoms with Crippen LogP contribution >= 0.6 is 0 Å². The second-order valence-corrected chi connectivity index (χ2v) is 2.52. The fourth-order valence-corrected chi connectivity index (χ4v) is 1.03. The van der Waals surface area contributed by atoms with E-state index < -0.39 is 6.10 Å². The predicted molar refractivity (Wildman–Crippen MR) is 44.8 cm³/mol. The maximum absolute atomic E-state index is 9.66. The maximum atomic E-state index is 9.66. The fraction of sp³-hybridized carbons (Fsp3) is 0.111. The predicted octanol–water partition coefficient (Wildman–Crippen LogP) is 1.15. The summed E-state index contributed by atoms with van der Waals surface area (Å²) in [5.74, 6) is 0.795. The summed E-state index contributed by atoms with van der Waals surface area (Å²) >= 11 is 0. The average Bonchev–Trinajstić information content (AvgIpc) is 2.71. The molecule has 0 saturated carbocycles. The van der Waals surface area contributed by atoms with Crippen molar-refractivity contribution in [2.45, 2.75) is 6.10 Å². The molecule has 0 amide bonds. The Morgan fingerprint density at radius 2 is 2.00 bits per heavy atom. The van der Waals surface area contributed by atoms with Gasteiger partial charge in [0.2, 0.25) is 0 Å². The first-order chi connectivity index (χ1) is 6.38. The summed E-state index contributed by atoms with van der Waals surface area (Å²) in [7, 11) is 0. The molecule has 1 atom stereocenters. The minimum absolute atomic E-state index is 0.345. The smallest absolute Gasteiger partial charge is 0.171 e. The molecule has 2 heterocycles. The van der Waals surface area contributed by atoms with E-state index in [4.69, 9.17) is 4.42 Å². The summed E-state index contributed by atoms with van der Waals surface area (Å²) in [6.45, 7) is 0. The van der Waals surface area contributed by atoms with Gasteiger partial charge in [0.1, 0.15) is 5.76 Å². The zero-order valence-electron chi connectivity index (χ0n) is 6.79. The van der Waals surface area contributed by atoms with Crippen molar-refractivity contribution in [1.29, 1.82) is 0 Å². The van der Waals surface area contributed by atoms with Gasteiger partial charge in [0, 0.05) is 12.4 Å². The van der Waals surface area contributed by atoms with Gasteiger partial charge in [0.05, 0.1) is 6.26 Å². The lowest BCUT2D eigenvalue weighted by Gasteiger charge is -2.04. The van der Waals surface area contributed by atoms with Crippen molar-refractivity contribution in [2.75, 3.05) is 0 Å². The normalized spacial score (nSPS) is 12.7. The first kappa shape index (κ1) is 7.94. The number of rotatable bonds is 2. The zero-order chi connectivity index (χ0) is 9.10. The molecule has 0 spiro atoms. The summed E-state index contributed by atoms with van der Waals surface area (Å²) < 4.78 is 5.02. The van der Waals surface area contributed by atoms with Crippen LogP contribution in [0.25, 0.3) is 0 Å². The molecule has 0 saturated heterocycles. The quantitative estimate of drug-likeness (QED) is 0.745. The van der Waals surface area contributed by atoms with E-state index >= 15 is 0 Å². The third-order valence-electron chi connectivity index (χ3n) is 1.64. The van der Waals surface area contributed by atoms with Crippen LogP contribution in [0.15, 0.2) is 41.3 Å². The molecule has 13 heavy (non-hydrogen) atoms. The molecule has 2 rings (SSSR count). The van der Waals surface area contributed by atoms with Crippen molar-refractivity contribution in [3.05, 3.63) is 48.4 Å². The van der Waals surface area contributed by atoms with Crippen molar-refractivity contribution in [3.63, 3.8) is 0 Å². The van der Waals surface area contributed by atoms with Crippen LogP contribution in [0.4, 0.5) is 0 Å². The molecule has 0 fully saturated rings. The SMILES string of the molecule is OC(c1ncccn1)c1ccco1. The Morgan fingerprint density at radius 1 is 1.23 bits per heavy atom. The molecule has 2 aromatic heterocycles. The Hall–Kier alpha value is -1.68. The first-order valence-corrected chi connectivity index (χ1v) is 3.86. The molecule has 1 N–H and O–H groups in total. The molecule has 0 aliphatic carbocycles. The van der Waals surface area contributed by atoms with Crippen LogP contribution in [-0.4, -0.2) is 15.1 Å². The Bertz CT molecular complexity index is 358. The standard InChI is InChI=1S/C9H8N2O2/c12-8(7-3-1-6-13-7)9-10-4-2-5-11-9/h1-6,8,12H.